The summed E-state index contributed by atoms with van der Waals surface area (Å²) in [4.78, 5) is 15.9. The highest BCUT2D eigenvalue weighted by Crippen LogP contribution is 2.33. The van der Waals surface area contributed by atoms with Crippen LogP contribution in [0.5, 0.6) is 0 Å². The van der Waals surface area contributed by atoms with E-state index in [1.165, 1.54) is 10.6 Å². The Hall–Kier alpha value is -1.94. The molecule has 4 heteroatoms. The summed E-state index contributed by atoms with van der Waals surface area (Å²) >= 11 is 1.88. The Morgan fingerprint density at radius 1 is 1.17 bits per heavy atom. The number of nitrogens with one attached hydrogen (secondary N) is 1. The number of hydrogen-bond donors (Lipinski definition) is 1. The third kappa shape index (κ3) is 4.08. The first-order valence-corrected chi connectivity index (χ1v) is 9.03. The summed E-state index contributed by atoms with van der Waals surface area (Å²) in [5, 5.41) is 3.11. The molecule has 1 atom stereocenters. The zero-order chi connectivity index (χ0) is 16.1. The number of benzene rings is 2. The topological polar surface area (TPSA) is 32.3 Å². The lowest BCUT2D eigenvalue weighted by Crippen LogP contribution is -2.38. The predicted octanol–water partition coefficient (Wildman–Crippen LogP) is 3.87. The van der Waals surface area contributed by atoms with Gasteiger partial charge in [0.2, 0.25) is 5.91 Å². The van der Waals surface area contributed by atoms with Crippen molar-refractivity contribution in [2.45, 2.75) is 24.3 Å². The smallest absolute Gasteiger partial charge is 0.239 e. The largest absolute Gasteiger partial charge is 0.361 e. The number of carbonyl (C=O) groups excluding carboxylic acids is 1. The monoisotopic (exact) mass is 326 g/mol. The van der Waals surface area contributed by atoms with Crippen LogP contribution in [0.25, 0.3) is 0 Å². The van der Waals surface area contributed by atoms with Crippen LogP contribution in [0, 0.1) is 0 Å². The summed E-state index contributed by atoms with van der Waals surface area (Å²) in [6, 6.07) is 18.5. The van der Waals surface area contributed by atoms with E-state index in [0.717, 1.165) is 24.3 Å². The van der Waals surface area contributed by atoms with Gasteiger partial charge in [0, 0.05) is 11.4 Å². The van der Waals surface area contributed by atoms with Crippen LogP contribution in [-0.4, -0.2) is 24.7 Å². The molecule has 1 aliphatic heterocycles. The van der Waals surface area contributed by atoms with Crippen molar-refractivity contribution >= 4 is 23.4 Å². The number of rotatable bonds is 4. The maximum absolute atomic E-state index is 12.5. The van der Waals surface area contributed by atoms with Crippen LogP contribution in [0.2, 0.25) is 0 Å². The van der Waals surface area contributed by atoms with Gasteiger partial charge in [-0.1, -0.05) is 42.5 Å². The molecule has 0 spiro atoms. The molecule has 1 amide bonds. The van der Waals surface area contributed by atoms with E-state index in [1.807, 2.05) is 55.1 Å². The Bertz CT molecular complexity index is 659. The molecule has 0 bridgehead atoms. The molecule has 3 nitrogen and oxygen atoms in total. The van der Waals surface area contributed by atoms with E-state index in [-0.39, 0.29) is 11.9 Å². The second kappa shape index (κ2) is 7.55. The average Bonchev–Trinajstić information content (AvgIpc) is 2.78. The molecule has 0 aliphatic carbocycles. The van der Waals surface area contributed by atoms with Gasteiger partial charge in [-0.2, -0.15) is 0 Å². The van der Waals surface area contributed by atoms with Gasteiger partial charge in [0.25, 0.3) is 0 Å². The van der Waals surface area contributed by atoms with Crippen molar-refractivity contribution in [3.05, 3.63) is 60.2 Å². The minimum absolute atomic E-state index is 0.0281. The van der Waals surface area contributed by atoms with Gasteiger partial charge < -0.3 is 10.2 Å². The van der Waals surface area contributed by atoms with Crippen molar-refractivity contribution in [2.75, 3.05) is 23.7 Å². The summed E-state index contributed by atoms with van der Waals surface area (Å²) in [6.45, 7) is 3.37. The molecule has 2 aromatic carbocycles. The first-order chi connectivity index (χ1) is 11.2. The third-order valence-corrected chi connectivity index (χ3v) is 5.20. The maximum atomic E-state index is 12.5. The highest BCUT2D eigenvalue weighted by molar-refractivity contribution is 7.99. The number of anilines is 1. The molecule has 0 aromatic heterocycles. The van der Waals surface area contributed by atoms with Gasteiger partial charge in [0.15, 0.2) is 0 Å². The van der Waals surface area contributed by atoms with E-state index in [4.69, 9.17) is 0 Å². The Kier molecular flexibility index (Phi) is 5.23. The van der Waals surface area contributed by atoms with Gasteiger partial charge in [-0.15, -0.1) is 11.8 Å². The number of nitrogens with zero attached hydrogens (tertiary/aromatic N) is 1. The minimum atomic E-state index is 0.0281. The van der Waals surface area contributed by atoms with Crippen LogP contribution in [0.15, 0.2) is 59.5 Å². The molecule has 2 aromatic rings. The standard InChI is InChI=1S/C19H22N2OS/c1-15(16-8-3-2-4-9-16)20-19(22)14-21-12-7-13-23-18-11-6-5-10-17(18)21/h2-6,8-11,15H,7,12-14H2,1H3,(H,20,22)/t15-/m0/s1. The first-order valence-electron chi connectivity index (χ1n) is 8.05. The number of carbonyl (C=O) groups is 1. The Balaban J connectivity index is 1.66. The van der Waals surface area contributed by atoms with E-state index >= 15 is 0 Å². The van der Waals surface area contributed by atoms with Crippen LogP contribution in [0.1, 0.15) is 24.9 Å². The molecule has 0 saturated carbocycles. The normalized spacial score (nSPS) is 15.4. The summed E-state index contributed by atoms with van der Waals surface area (Å²) in [5.41, 5.74) is 2.31. The average molecular weight is 326 g/mol. The number of amides is 1. The van der Waals surface area contributed by atoms with Crippen molar-refractivity contribution in [1.82, 2.24) is 5.32 Å². The van der Waals surface area contributed by atoms with Crippen LogP contribution in [-0.2, 0) is 4.79 Å². The summed E-state index contributed by atoms with van der Waals surface area (Å²) in [5.74, 6) is 1.18. The second-order valence-electron chi connectivity index (χ2n) is 5.79. The molecule has 120 valence electrons. The zero-order valence-corrected chi connectivity index (χ0v) is 14.2. The quantitative estimate of drug-likeness (QED) is 0.926. The summed E-state index contributed by atoms with van der Waals surface area (Å²) in [7, 11) is 0. The predicted molar refractivity (Wildman–Crippen MR) is 97.0 cm³/mol. The fourth-order valence-corrected chi connectivity index (χ4v) is 3.86. The van der Waals surface area contributed by atoms with Crippen molar-refractivity contribution in [1.29, 1.82) is 0 Å². The SMILES string of the molecule is C[C@H](NC(=O)CN1CCCSc2ccccc21)c1ccccc1. The third-order valence-electron chi connectivity index (χ3n) is 4.05. The lowest BCUT2D eigenvalue weighted by molar-refractivity contribution is -0.120. The van der Waals surface area contributed by atoms with E-state index in [9.17, 15) is 4.79 Å². The van der Waals surface area contributed by atoms with Crippen LogP contribution in [0.4, 0.5) is 5.69 Å². The van der Waals surface area contributed by atoms with E-state index in [0.29, 0.717) is 6.54 Å². The molecule has 0 saturated heterocycles. The van der Waals surface area contributed by atoms with Crippen molar-refractivity contribution in [3.8, 4) is 0 Å². The molecule has 0 unspecified atom stereocenters. The second-order valence-corrected chi connectivity index (χ2v) is 6.93. The van der Waals surface area contributed by atoms with Gasteiger partial charge in [0.05, 0.1) is 18.3 Å². The molecule has 23 heavy (non-hydrogen) atoms. The van der Waals surface area contributed by atoms with Crippen LogP contribution < -0.4 is 10.2 Å². The van der Waals surface area contributed by atoms with Gasteiger partial charge in [-0.25, -0.2) is 0 Å². The zero-order valence-electron chi connectivity index (χ0n) is 13.4. The Morgan fingerprint density at radius 3 is 2.74 bits per heavy atom. The number of thioether (sulfide) groups is 1. The molecule has 1 heterocycles. The van der Waals surface area contributed by atoms with Crippen molar-refractivity contribution in [3.63, 3.8) is 0 Å². The number of fused-ring (bicyclic) bond motifs is 1. The maximum Gasteiger partial charge on any atom is 0.239 e. The summed E-state index contributed by atoms with van der Waals surface area (Å²) < 4.78 is 0. The fraction of sp³-hybridized carbons (Fsp3) is 0.316. The van der Waals surface area contributed by atoms with Gasteiger partial charge in [-0.3, -0.25) is 4.79 Å². The van der Waals surface area contributed by atoms with E-state index in [1.54, 1.807) is 0 Å². The van der Waals surface area contributed by atoms with Crippen LogP contribution in [0.3, 0.4) is 0 Å². The molecule has 1 N–H and O–H groups in total. The molecule has 3 rings (SSSR count). The minimum Gasteiger partial charge on any atom is -0.361 e. The summed E-state index contributed by atoms with van der Waals surface area (Å²) in [6.07, 6.45) is 1.10. The van der Waals surface area contributed by atoms with Crippen molar-refractivity contribution in [2.24, 2.45) is 0 Å². The highest BCUT2D eigenvalue weighted by Gasteiger charge is 2.18. The van der Waals surface area contributed by atoms with Gasteiger partial charge in [-0.05, 0) is 36.8 Å². The lowest BCUT2D eigenvalue weighted by atomic mass is 10.1. The molecular formula is C19H22N2OS. The number of hydrogen-bond acceptors (Lipinski definition) is 3. The van der Waals surface area contributed by atoms with E-state index < -0.39 is 0 Å². The molecule has 0 fully saturated rings. The van der Waals surface area contributed by atoms with E-state index in [2.05, 4.69) is 28.4 Å². The first kappa shape index (κ1) is 15.9. The Morgan fingerprint density at radius 2 is 1.91 bits per heavy atom. The molecule has 1 aliphatic rings. The number of para-hydroxylation sites is 1. The van der Waals surface area contributed by atoms with Gasteiger partial charge >= 0.3 is 0 Å². The highest BCUT2D eigenvalue weighted by atomic mass is 32.2. The Labute approximate surface area is 142 Å². The van der Waals surface area contributed by atoms with Crippen molar-refractivity contribution < 1.29 is 4.79 Å². The van der Waals surface area contributed by atoms with Crippen LogP contribution >= 0.6 is 11.8 Å². The lowest BCUT2D eigenvalue weighted by Gasteiger charge is -2.25. The van der Waals surface area contributed by atoms with Gasteiger partial charge in [0.1, 0.15) is 0 Å². The molecule has 0 radical (unpaired) electrons. The molecular weight excluding hydrogens is 304 g/mol. The fourth-order valence-electron chi connectivity index (χ4n) is 2.85.